The lowest BCUT2D eigenvalue weighted by atomic mass is 10.1. The van der Waals surface area contributed by atoms with E-state index in [1.165, 1.54) is 23.3 Å². The summed E-state index contributed by atoms with van der Waals surface area (Å²) in [6.45, 7) is -0.349. The van der Waals surface area contributed by atoms with Crippen molar-refractivity contribution >= 4 is 11.6 Å². The molecule has 0 unspecified atom stereocenters. The van der Waals surface area contributed by atoms with Gasteiger partial charge in [-0.25, -0.2) is 0 Å². The highest BCUT2D eigenvalue weighted by atomic mass is 19.4. The van der Waals surface area contributed by atoms with Gasteiger partial charge in [0.25, 0.3) is 5.91 Å². The van der Waals surface area contributed by atoms with Crippen LogP contribution in [0.15, 0.2) is 42.5 Å². The van der Waals surface area contributed by atoms with Gasteiger partial charge in [-0.3, -0.25) is 4.79 Å². The van der Waals surface area contributed by atoms with Gasteiger partial charge in [-0.2, -0.15) is 13.2 Å². The molecule has 0 saturated carbocycles. The minimum absolute atomic E-state index is 0.00827. The Morgan fingerprint density at radius 3 is 2.67 bits per heavy atom. The number of fused-ring (bicyclic) bond motifs is 1. The molecule has 0 aliphatic heterocycles. The van der Waals surface area contributed by atoms with Crippen molar-refractivity contribution < 1.29 is 22.7 Å². The first-order valence-corrected chi connectivity index (χ1v) is 7.63. The monoisotopic (exact) mass is 335 g/mol. The van der Waals surface area contributed by atoms with Gasteiger partial charge in [0.2, 0.25) is 0 Å². The van der Waals surface area contributed by atoms with Gasteiger partial charge < -0.3 is 10.1 Å². The molecule has 126 valence electrons. The van der Waals surface area contributed by atoms with Crippen LogP contribution in [0.1, 0.15) is 23.1 Å². The number of hydrogen-bond acceptors (Lipinski definition) is 2. The van der Waals surface area contributed by atoms with Gasteiger partial charge in [0.05, 0.1) is 5.56 Å². The summed E-state index contributed by atoms with van der Waals surface area (Å²) >= 11 is 0. The average Bonchev–Trinajstić information content (AvgIpc) is 3.00. The van der Waals surface area contributed by atoms with Crippen LogP contribution in [-0.2, 0) is 23.8 Å². The molecule has 1 aliphatic carbocycles. The Balaban J connectivity index is 1.58. The third kappa shape index (κ3) is 3.88. The van der Waals surface area contributed by atoms with Gasteiger partial charge in [0, 0.05) is 5.69 Å². The molecule has 2 aromatic rings. The molecule has 24 heavy (non-hydrogen) atoms. The Morgan fingerprint density at radius 2 is 1.88 bits per heavy atom. The van der Waals surface area contributed by atoms with E-state index < -0.39 is 17.6 Å². The highest BCUT2D eigenvalue weighted by Gasteiger charge is 2.30. The second kappa shape index (κ2) is 6.55. The van der Waals surface area contributed by atoms with E-state index in [0.29, 0.717) is 5.69 Å². The number of halogens is 3. The molecule has 0 heterocycles. The molecule has 1 N–H and O–H groups in total. The number of ether oxygens (including phenoxy) is 1. The van der Waals surface area contributed by atoms with Gasteiger partial charge in [-0.1, -0.05) is 12.1 Å². The Kier molecular flexibility index (Phi) is 4.46. The van der Waals surface area contributed by atoms with Crippen molar-refractivity contribution in [3.63, 3.8) is 0 Å². The molecule has 0 bridgehead atoms. The molecule has 0 atom stereocenters. The topological polar surface area (TPSA) is 38.3 Å². The lowest BCUT2D eigenvalue weighted by Crippen LogP contribution is -2.20. The van der Waals surface area contributed by atoms with E-state index in [4.69, 9.17) is 4.74 Å². The fourth-order valence-corrected chi connectivity index (χ4v) is 2.76. The lowest BCUT2D eigenvalue weighted by Gasteiger charge is -2.11. The third-order valence-electron chi connectivity index (χ3n) is 3.91. The van der Waals surface area contributed by atoms with Crippen LogP contribution >= 0.6 is 0 Å². The zero-order valence-electron chi connectivity index (χ0n) is 12.8. The van der Waals surface area contributed by atoms with E-state index in [9.17, 15) is 18.0 Å². The summed E-state index contributed by atoms with van der Waals surface area (Å²) in [6, 6.07) is 10.2. The molecule has 0 spiro atoms. The van der Waals surface area contributed by atoms with Crippen LogP contribution in [0.3, 0.4) is 0 Å². The van der Waals surface area contributed by atoms with E-state index in [0.717, 1.165) is 31.4 Å². The van der Waals surface area contributed by atoms with E-state index in [1.807, 2.05) is 18.2 Å². The fraction of sp³-hybridized carbons (Fsp3) is 0.278. The predicted octanol–water partition coefficient (Wildman–Crippen LogP) is 4.21. The molecule has 2 aromatic carbocycles. The normalized spacial score (nSPS) is 13.5. The summed E-state index contributed by atoms with van der Waals surface area (Å²) in [4.78, 5) is 11.9. The molecule has 1 aliphatic rings. The van der Waals surface area contributed by atoms with Crippen LogP contribution < -0.4 is 10.1 Å². The molecule has 0 aromatic heterocycles. The second-order valence-electron chi connectivity index (χ2n) is 5.70. The van der Waals surface area contributed by atoms with Gasteiger partial charge in [0.1, 0.15) is 5.75 Å². The van der Waals surface area contributed by atoms with Crippen LogP contribution in [0.4, 0.5) is 18.9 Å². The molecule has 3 nitrogen and oxygen atoms in total. The van der Waals surface area contributed by atoms with Gasteiger partial charge in [0.15, 0.2) is 6.61 Å². The fourth-order valence-electron chi connectivity index (χ4n) is 2.76. The number of amides is 1. The Hall–Kier alpha value is -2.50. The smallest absolute Gasteiger partial charge is 0.416 e. The van der Waals surface area contributed by atoms with Crippen LogP contribution in [0.5, 0.6) is 5.75 Å². The SMILES string of the molecule is O=C(COc1cccc(C(F)(F)F)c1)Nc1ccc2c(c1)CCC2. The summed E-state index contributed by atoms with van der Waals surface area (Å²) in [5.41, 5.74) is 2.40. The molecule has 0 saturated heterocycles. The molecule has 6 heteroatoms. The first kappa shape index (κ1) is 16.4. The standard InChI is InChI=1S/C18H16F3NO2/c19-18(20,21)14-5-2-6-16(10-14)24-11-17(23)22-15-8-7-12-3-1-4-13(12)9-15/h2,5-10H,1,3-4,11H2,(H,22,23). The molecule has 3 rings (SSSR count). The molecule has 1 amide bonds. The van der Waals surface area contributed by atoms with Crippen molar-refractivity contribution in [3.05, 3.63) is 59.2 Å². The van der Waals surface area contributed by atoms with Crippen molar-refractivity contribution in [3.8, 4) is 5.75 Å². The van der Waals surface area contributed by atoms with Crippen LogP contribution in [0.2, 0.25) is 0 Å². The van der Waals surface area contributed by atoms with Crippen LogP contribution in [0, 0.1) is 0 Å². The van der Waals surface area contributed by atoms with Crippen molar-refractivity contribution in [1.82, 2.24) is 0 Å². The maximum atomic E-state index is 12.6. The maximum absolute atomic E-state index is 12.6. The van der Waals surface area contributed by atoms with Crippen LogP contribution in [0.25, 0.3) is 0 Å². The number of nitrogens with one attached hydrogen (secondary N) is 1. The molecular formula is C18H16F3NO2. The average molecular weight is 335 g/mol. The summed E-state index contributed by atoms with van der Waals surface area (Å²) in [5.74, 6) is -0.403. The van der Waals surface area contributed by atoms with E-state index >= 15 is 0 Å². The molecule has 0 fully saturated rings. The predicted molar refractivity (Wildman–Crippen MR) is 84.0 cm³/mol. The summed E-state index contributed by atoms with van der Waals surface area (Å²) in [6.07, 6.45) is -1.26. The third-order valence-corrected chi connectivity index (χ3v) is 3.91. The van der Waals surface area contributed by atoms with Gasteiger partial charge >= 0.3 is 6.18 Å². The van der Waals surface area contributed by atoms with E-state index in [-0.39, 0.29) is 12.4 Å². The van der Waals surface area contributed by atoms with E-state index in [1.54, 1.807) is 0 Å². The zero-order valence-corrected chi connectivity index (χ0v) is 12.8. The summed E-state index contributed by atoms with van der Waals surface area (Å²) in [7, 11) is 0. The highest BCUT2D eigenvalue weighted by Crippen LogP contribution is 2.31. The lowest BCUT2D eigenvalue weighted by molar-refractivity contribution is -0.137. The first-order valence-electron chi connectivity index (χ1n) is 7.63. The first-order chi connectivity index (χ1) is 11.4. The minimum Gasteiger partial charge on any atom is -0.484 e. The number of aryl methyl sites for hydroxylation is 2. The number of carbonyl (C=O) groups is 1. The quantitative estimate of drug-likeness (QED) is 0.909. The van der Waals surface area contributed by atoms with Gasteiger partial charge in [-0.05, 0) is 60.7 Å². The summed E-state index contributed by atoms with van der Waals surface area (Å²) in [5, 5.41) is 2.70. The Labute approximate surface area is 137 Å². The van der Waals surface area contributed by atoms with Gasteiger partial charge in [-0.15, -0.1) is 0 Å². The highest BCUT2D eigenvalue weighted by molar-refractivity contribution is 5.92. The van der Waals surface area contributed by atoms with Crippen molar-refractivity contribution in [2.75, 3.05) is 11.9 Å². The van der Waals surface area contributed by atoms with Crippen molar-refractivity contribution in [2.24, 2.45) is 0 Å². The number of hydrogen-bond donors (Lipinski definition) is 1. The largest absolute Gasteiger partial charge is 0.484 e. The number of carbonyl (C=O) groups excluding carboxylic acids is 1. The zero-order chi connectivity index (χ0) is 17.2. The number of benzene rings is 2. The second-order valence-corrected chi connectivity index (χ2v) is 5.70. The van der Waals surface area contributed by atoms with Crippen molar-refractivity contribution in [2.45, 2.75) is 25.4 Å². The Morgan fingerprint density at radius 1 is 1.08 bits per heavy atom. The Bertz CT molecular complexity index is 756. The van der Waals surface area contributed by atoms with Crippen LogP contribution in [-0.4, -0.2) is 12.5 Å². The van der Waals surface area contributed by atoms with E-state index in [2.05, 4.69) is 5.32 Å². The minimum atomic E-state index is -4.44. The van der Waals surface area contributed by atoms with Crippen molar-refractivity contribution in [1.29, 1.82) is 0 Å². The summed E-state index contributed by atoms with van der Waals surface area (Å²) < 4.78 is 43.0. The molecule has 0 radical (unpaired) electrons. The molecular weight excluding hydrogens is 319 g/mol. The number of anilines is 1. The number of alkyl halides is 3. The number of rotatable bonds is 4. The maximum Gasteiger partial charge on any atom is 0.416 e.